The molecular weight excluding hydrogens is 493 g/mol. The van der Waals surface area contributed by atoms with Crippen LogP contribution in [-0.2, 0) is 10.0 Å². The predicted molar refractivity (Wildman–Crippen MR) is 144 cm³/mol. The van der Waals surface area contributed by atoms with E-state index in [9.17, 15) is 12.8 Å². The summed E-state index contributed by atoms with van der Waals surface area (Å²) < 4.78 is 42.0. The van der Waals surface area contributed by atoms with Gasteiger partial charge < -0.3 is 21.7 Å². The lowest BCUT2D eigenvalue weighted by atomic mass is 10.1. The first-order valence-corrected chi connectivity index (χ1v) is 14.0. The first-order chi connectivity index (χ1) is 17.8. The number of anilines is 4. The van der Waals surface area contributed by atoms with E-state index in [2.05, 4.69) is 25.9 Å². The molecule has 0 spiro atoms. The van der Waals surface area contributed by atoms with Gasteiger partial charge >= 0.3 is 0 Å². The van der Waals surface area contributed by atoms with E-state index in [0.717, 1.165) is 32.4 Å². The van der Waals surface area contributed by atoms with Crippen LogP contribution in [0.1, 0.15) is 32.6 Å². The normalized spacial score (nSPS) is 15.5. The van der Waals surface area contributed by atoms with Crippen molar-refractivity contribution in [3.05, 3.63) is 66.6 Å². The number of hydrogen-bond acceptors (Lipinski definition) is 8. The van der Waals surface area contributed by atoms with Crippen LogP contribution in [0.15, 0.2) is 65.7 Å². The number of nitrogens with one attached hydrogen (secondary N) is 3. The molecule has 1 aliphatic rings. The minimum Gasteiger partial charge on any atom is -0.340 e. The monoisotopic (exact) mass is 527 g/mol. The molecule has 0 radical (unpaired) electrons. The molecule has 0 aliphatic carbocycles. The molecule has 2 aromatic carbocycles. The minimum atomic E-state index is -3.68. The second-order valence-corrected chi connectivity index (χ2v) is 11.0. The van der Waals surface area contributed by atoms with Gasteiger partial charge in [0.25, 0.3) is 0 Å². The molecule has 0 bridgehead atoms. The SMILES string of the molecule is CCC(N)CCN(C1CCNCC1)S(=O)(=O)c1ccc(Nc2nccc(Nc3ccc(F)cc3)n2)cc1. The Morgan fingerprint density at radius 2 is 1.70 bits per heavy atom. The van der Waals surface area contributed by atoms with Gasteiger partial charge in [-0.25, -0.2) is 17.8 Å². The van der Waals surface area contributed by atoms with E-state index >= 15 is 0 Å². The summed E-state index contributed by atoms with van der Waals surface area (Å²) in [6, 6.07) is 14.2. The molecule has 3 aromatic rings. The van der Waals surface area contributed by atoms with Crippen LogP contribution < -0.4 is 21.7 Å². The molecule has 37 heavy (non-hydrogen) atoms. The topological polar surface area (TPSA) is 125 Å². The number of hydrogen-bond donors (Lipinski definition) is 4. The van der Waals surface area contributed by atoms with Crippen LogP contribution >= 0.6 is 0 Å². The molecule has 4 rings (SSSR count). The maximum Gasteiger partial charge on any atom is 0.243 e. The van der Waals surface area contributed by atoms with Crippen LogP contribution in [0.25, 0.3) is 0 Å². The molecule has 198 valence electrons. The fourth-order valence-corrected chi connectivity index (χ4v) is 5.94. The average molecular weight is 528 g/mol. The van der Waals surface area contributed by atoms with E-state index in [1.807, 2.05) is 6.92 Å². The second kappa shape index (κ2) is 12.4. The van der Waals surface area contributed by atoms with Gasteiger partial charge in [0, 0.05) is 36.2 Å². The van der Waals surface area contributed by atoms with Crippen molar-refractivity contribution in [2.24, 2.45) is 5.73 Å². The third kappa shape index (κ3) is 7.22. The largest absolute Gasteiger partial charge is 0.340 e. The van der Waals surface area contributed by atoms with E-state index in [4.69, 9.17) is 5.73 Å². The molecule has 0 saturated carbocycles. The first-order valence-electron chi connectivity index (χ1n) is 12.6. The van der Waals surface area contributed by atoms with E-state index in [1.54, 1.807) is 53.0 Å². The quantitative estimate of drug-likeness (QED) is 0.295. The summed E-state index contributed by atoms with van der Waals surface area (Å²) in [5.41, 5.74) is 7.46. The zero-order chi connectivity index (χ0) is 26.3. The molecule has 1 saturated heterocycles. The highest BCUT2D eigenvalue weighted by molar-refractivity contribution is 7.89. The van der Waals surface area contributed by atoms with Crippen LogP contribution in [0.3, 0.4) is 0 Å². The lowest BCUT2D eigenvalue weighted by Gasteiger charge is -2.34. The number of sulfonamides is 1. The summed E-state index contributed by atoms with van der Waals surface area (Å²) in [4.78, 5) is 8.90. The van der Waals surface area contributed by atoms with Crippen molar-refractivity contribution in [3.63, 3.8) is 0 Å². The van der Waals surface area contributed by atoms with Crippen molar-refractivity contribution in [3.8, 4) is 0 Å². The van der Waals surface area contributed by atoms with Crippen LogP contribution in [0.5, 0.6) is 0 Å². The Kier molecular flexibility index (Phi) is 9.04. The van der Waals surface area contributed by atoms with Crippen molar-refractivity contribution in [2.45, 2.75) is 49.6 Å². The van der Waals surface area contributed by atoms with Gasteiger partial charge in [0.05, 0.1) is 4.90 Å². The molecule has 1 aromatic heterocycles. The minimum absolute atomic E-state index is 0.0284. The Bertz CT molecular complexity index is 1250. The third-order valence-electron chi connectivity index (χ3n) is 6.45. The number of halogens is 1. The molecule has 0 amide bonds. The molecule has 1 unspecified atom stereocenters. The standard InChI is InChI=1S/C26H34FN7O2S/c1-2-20(28)14-18-34(23-11-15-29-16-12-23)37(35,36)24-9-7-22(8-10-24)32-26-30-17-13-25(33-26)31-21-5-3-19(27)4-6-21/h3-10,13,17,20,23,29H,2,11-12,14-16,18,28H2,1H3,(H2,30,31,32,33). The van der Waals surface area contributed by atoms with Crippen LogP contribution in [0.2, 0.25) is 0 Å². The van der Waals surface area contributed by atoms with Gasteiger partial charge in [-0.15, -0.1) is 0 Å². The molecule has 11 heteroatoms. The van der Waals surface area contributed by atoms with Gasteiger partial charge in [-0.2, -0.15) is 9.29 Å². The molecule has 9 nitrogen and oxygen atoms in total. The average Bonchev–Trinajstić information content (AvgIpc) is 2.91. The van der Waals surface area contributed by atoms with Gasteiger partial charge in [0.2, 0.25) is 16.0 Å². The maximum absolute atomic E-state index is 13.6. The van der Waals surface area contributed by atoms with Crippen molar-refractivity contribution >= 4 is 33.2 Å². The van der Waals surface area contributed by atoms with Crippen LogP contribution in [0, 0.1) is 5.82 Å². The first kappa shape index (κ1) is 26.9. The molecule has 1 aliphatic heterocycles. The molecule has 5 N–H and O–H groups in total. The number of rotatable bonds is 11. The highest BCUT2D eigenvalue weighted by Crippen LogP contribution is 2.25. The Labute approximate surface area is 217 Å². The van der Waals surface area contributed by atoms with E-state index in [0.29, 0.717) is 36.1 Å². The van der Waals surface area contributed by atoms with E-state index in [1.165, 1.54) is 12.1 Å². The summed E-state index contributed by atoms with van der Waals surface area (Å²) in [6.45, 7) is 4.02. The highest BCUT2D eigenvalue weighted by Gasteiger charge is 2.32. The molecular formula is C26H34FN7O2S. The van der Waals surface area contributed by atoms with Gasteiger partial charge in [0.1, 0.15) is 11.6 Å². The number of benzene rings is 2. The van der Waals surface area contributed by atoms with Crippen molar-refractivity contribution in [1.29, 1.82) is 0 Å². The number of nitrogens with two attached hydrogens (primary N) is 1. The predicted octanol–water partition coefficient (Wildman–Crippen LogP) is 3.97. The number of nitrogens with zero attached hydrogens (tertiary/aromatic N) is 3. The van der Waals surface area contributed by atoms with E-state index in [-0.39, 0.29) is 22.8 Å². The van der Waals surface area contributed by atoms with Crippen molar-refractivity contribution in [1.82, 2.24) is 19.6 Å². The summed E-state index contributed by atoms with van der Waals surface area (Å²) in [7, 11) is -3.68. The molecule has 1 atom stereocenters. The Hall–Kier alpha value is -3.12. The fourth-order valence-electron chi connectivity index (χ4n) is 4.24. The molecule has 2 heterocycles. The van der Waals surface area contributed by atoms with Gasteiger partial charge in [-0.3, -0.25) is 0 Å². The third-order valence-corrected chi connectivity index (χ3v) is 8.42. The zero-order valence-corrected chi connectivity index (χ0v) is 21.7. The smallest absolute Gasteiger partial charge is 0.243 e. The number of aromatic nitrogens is 2. The van der Waals surface area contributed by atoms with Crippen molar-refractivity contribution < 1.29 is 12.8 Å². The van der Waals surface area contributed by atoms with E-state index < -0.39 is 10.0 Å². The Morgan fingerprint density at radius 1 is 1.05 bits per heavy atom. The maximum atomic E-state index is 13.6. The highest BCUT2D eigenvalue weighted by atomic mass is 32.2. The summed E-state index contributed by atoms with van der Waals surface area (Å²) in [5.74, 6) is 0.559. The molecule has 1 fully saturated rings. The fraction of sp³-hybridized carbons (Fsp3) is 0.385. The van der Waals surface area contributed by atoms with Gasteiger partial charge in [0.15, 0.2) is 0 Å². The summed E-state index contributed by atoms with van der Waals surface area (Å²) >= 11 is 0. The second-order valence-electron chi connectivity index (χ2n) is 9.10. The van der Waals surface area contributed by atoms with Gasteiger partial charge in [-0.05, 0) is 93.4 Å². The number of piperidine rings is 1. The van der Waals surface area contributed by atoms with Crippen molar-refractivity contribution in [2.75, 3.05) is 30.3 Å². The lowest BCUT2D eigenvalue weighted by molar-refractivity contribution is 0.254. The zero-order valence-electron chi connectivity index (χ0n) is 20.9. The summed E-state index contributed by atoms with van der Waals surface area (Å²) in [5, 5.41) is 9.50. The van der Waals surface area contributed by atoms with Gasteiger partial charge in [-0.1, -0.05) is 6.92 Å². The van der Waals surface area contributed by atoms with Crippen LogP contribution in [0.4, 0.5) is 27.5 Å². The Balaban J connectivity index is 1.47. The Morgan fingerprint density at radius 3 is 2.38 bits per heavy atom. The summed E-state index contributed by atoms with van der Waals surface area (Å²) in [6.07, 6.45) is 4.58. The lowest BCUT2D eigenvalue weighted by Crippen LogP contribution is -2.47. The van der Waals surface area contributed by atoms with Crippen LogP contribution in [-0.4, -0.2) is 54.4 Å².